The molecule has 0 radical (unpaired) electrons. The van der Waals surface area contributed by atoms with E-state index in [0.29, 0.717) is 6.61 Å². The van der Waals surface area contributed by atoms with Crippen molar-refractivity contribution in [3.05, 3.63) is 57.5 Å². The Hall–Kier alpha value is -1.00. The highest BCUT2D eigenvalue weighted by Crippen LogP contribution is 2.20. The largest absolute Gasteiger partial charge is 0.490 e. The molecule has 0 N–H and O–H groups in total. The van der Waals surface area contributed by atoms with E-state index in [4.69, 9.17) is 9.47 Å². The van der Waals surface area contributed by atoms with E-state index in [1.807, 2.05) is 48.5 Å². The van der Waals surface area contributed by atoms with Gasteiger partial charge in [0.15, 0.2) is 0 Å². The van der Waals surface area contributed by atoms with Gasteiger partial charge in [-0.1, -0.05) is 45.2 Å². The summed E-state index contributed by atoms with van der Waals surface area (Å²) in [6, 6.07) is 15.7. The third kappa shape index (κ3) is 5.71. The van der Waals surface area contributed by atoms with E-state index < -0.39 is 0 Å². The van der Waals surface area contributed by atoms with Crippen molar-refractivity contribution in [3.63, 3.8) is 0 Å². The predicted octanol–water partition coefficient (Wildman–Crippen LogP) is 5.84. The molecule has 0 amide bonds. The lowest BCUT2D eigenvalue weighted by Gasteiger charge is -2.19. The highest BCUT2D eigenvalue weighted by molar-refractivity contribution is 9.10. The predicted molar refractivity (Wildman–Crippen MR) is 93.1 cm³/mol. The molecule has 0 fully saturated rings. The molecule has 4 heteroatoms. The summed E-state index contributed by atoms with van der Waals surface area (Å²) in [5.41, 5.74) is 0. The summed E-state index contributed by atoms with van der Waals surface area (Å²) in [6.07, 6.45) is 2.08. The summed E-state index contributed by atoms with van der Waals surface area (Å²) in [6.45, 7) is 2.70. The minimum Gasteiger partial charge on any atom is -0.490 e. The molecule has 0 spiro atoms. The fourth-order valence-corrected chi connectivity index (χ4v) is 2.45. The Labute approximate surface area is 142 Å². The second-order valence-electron chi connectivity index (χ2n) is 4.75. The van der Waals surface area contributed by atoms with E-state index in [-0.39, 0.29) is 6.10 Å². The van der Waals surface area contributed by atoms with Crippen LogP contribution >= 0.6 is 31.9 Å². The van der Waals surface area contributed by atoms with Gasteiger partial charge in [0, 0.05) is 8.95 Å². The van der Waals surface area contributed by atoms with Crippen LogP contribution in [-0.4, -0.2) is 12.7 Å². The summed E-state index contributed by atoms with van der Waals surface area (Å²) < 4.78 is 13.9. The van der Waals surface area contributed by atoms with Gasteiger partial charge in [0.25, 0.3) is 0 Å². The third-order valence-electron chi connectivity index (χ3n) is 2.98. The summed E-state index contributed by atoms with van der Waals surface area (Å²) in [7, 11) is 0. The Morgan fingerprint density at radius 3 is 1.90 bits per heavy atom. The molecule has 21 heavy (non-hydrogen) atoms. The first-order valence-corrected chi connectivity index (χ1v) is 8.56. The molecule has 0 heterocycles. The molecule has 0 bridgehead atoms. The molecule has 2 rings (SSSR count). The first-order valence-electron chi connectivity index (χ1n) is 6.98. The second kappa shape index (κ2) is 8.44. The zero-order valence-corrected chi connectivity index (χ0v) is 15.1. The van der Waals surface area contributed by atoms with Gasteiger partial charge in [0.05, 0.1) is 0 Å². The van der Waals surface area contributed by atoms with Crippen LogP contribution in [0.3, 0.4) is 0 Å². The number of halogens is 2. The van der Waals surface area contributed by atoms with Crippen LogP contribution in [0.25, 0.3) is 0 Å². The first-order chi connectivity index (χ1) is 10.2. The zero-order valence-electron chi connectivity index (χ0n) is 11.9. The quantitative estimate of drug-likeness (QED) is 0.567. The van der Waals surface area contributed by atoms with Gasteiger partial charge in [-0.3, -0.25) is 0 Å². The molecule has 1 unspecified atom stereocenters. The van der Waals surface area contributed by atoms with Crippen LogP contribution in [0.2, 0.25) is 0 Å². The third-order valence-corrected chi connectivity index (χ3v) is 4.03. The molecule has 0 aliphatic rings. The molecule has 0 aromatic heterocycles. The lowest BCUT2D eigenvalue weighted by Crippen LogP contribution is -2.24. The Balaban J connectivity index is 1.92. The van der Waals surface area contributed by atoms with Crippen molar-refractivity contribution in [3.8, 4) is 11.5 Å². The molecule has 0 saturated carbocycles. The van der Waals surface area contributed by atoms with Crippen LogP contribution in [-0.2, 0) is 0 Å². The molecule has 2 nitrogen and oxygen atoms in total. The van der Waals surface area contributed by atoms with Crippen molar-refractivity contribution < 1.29 is 9.47 Å². The average molecular weight is 414 g/mol. The normalized spacial score (nSPS) is 12.0. The summed E-state index contributed by atoms with van der Waals surface area (Å²) in [4.78, 5) is 0. The van der Waals surface area contributed by atoms with Crippen LogP contribution in [0.5, 0.6) is 11.5 Å². The maximum Gasteiger partial charge on any atom is 0.133 e. The molecule has 2 aromatic rings. The SMILES string of the molecule is CCCC(COc1ccc(Br)cc1)Oc1ccc(Br)cc1. The van der Waals surface area contributed by atoms with E-state index in [1.54, 1.807) is 0 Å². The van der Waals surface area contributed by atoms with Gasteiger partial charge >= 0.3 is 0 Å². The smallest absolute Gasteiger partial charge is 0.133 e. The zero-order chi connectivity index (χ0) is 15.1. The fraction of sp³-hybridized carbons (Fsp3) is 0.294. The van der Waals surface area contributed by atoms with Crippen molar-refractivity contribution in [2.75, 3.05) is 6.61 Å². The molecular weight excluding hydrogens is 396 g/mol. The lowest BCUT2D eigenvalue weighted by atomic mass is 10.2. The molecule has 0 saturated heterocycles. The number of hydrogen-bond acceptors (Lipinski definition) is 2. The van der Waals surface area contributed by atoms with Gasteiger partial charge in [-0.15, -0.1) is 0 Å². The van der Waals surface area contributed by atoms with E-state index in [1.165, 1.54) is 0 Å². The van der Waals surface area contributed by atoms with Crippen LogP contribution in [0.1, 0.15) is 19.8 Å². The molecular formula is C17H18Br2O2. The number of benzene rings is 2. The maximum absolute atomic E-state index is 6.00. The second-order valence-corrected chi connectivity index (χ2v) is 6.58. The summed E-state index contributed by atoms with van der Waals surface area (Å²) >= 11 is 6.84. The van der Waals surface area contributed by atoms with Crippen LogP contribution in [0.15, 0.2) is 57.5 Å². The monoisotopic (exact) mass is 412 g/mol. The van der Waals surface area contributed by atoms with E-state index in [9.17, 15) is 0 Å². The Morgan fingerprint density at radius 1 is 0.857 bits per heavy atom. The van der Waals surface area contributed by atoms with Crippen LogP contribution in [0, 0.1) is 0 Å². The van der Waals surface area contributed by atoms with Gasteiger partial charge in [-0.05, 0) is 55.0 Å². The van der Waals surface area contributed by atoms with Crippen LogP contribution < -0.4 is 9.47 Å². The average Bonchev–Trinajstić information content (AvgIpc) is 2.49. The highest BCUT2D eigenvalue weighted by Gasteiger charge is 2.11. The van der Waals surface area contributed by atoms with Crippen molar-refractivity contribution in [2.45, 2.75) is 25.9 Å². The number of ether oxygens (including phenoxy) is 2. The molecule has 112 valence electrons. The summed E-state index contributed by atoms with van der Waals surface area (Å²) in [5, 5.41) is 0. The lowest BCUT2D eigenvalue weighted by molar-refractivity contribution is 0.120. The molecule has 2 aromatic carbocycles. The number of rotatable bonds is 7. The van der Waals surface area contributed by atoms with Crippen molar-refractivity contribution in [2.24, 2.45) is 0 Å². The molecule has 1 atom stereocenters. The standard InChI is InChI=1S/C17H18Br2O2/c1-2-3-17(21-16-10-6-14(19)7-11-16)12-20-15-8-4-13(18)5-9-15/h4-11,17H,2-3,12H2,1H3. The number of hydrogen-bond donors (Lipinski definition) is 0. The summed E-state index contributed by atoms with van der Waals surface area (Å²) in [5.74, 6) is 1.73. The highest BCUT2D eigenvalue weighted by atomic mass is 79.9. The topological polar surface area (TPSA) is 18.5 Å². The Morgan fingerprint density at radius 2 is 1.38 bits per heavy atom. The van der Waals surface area contributed by atoms with Gasteiger partial charge < -0.3 is 9.47 Å². The van der Waals surface area contributed by atoms with Gasteiger partial charge in [0.1, 0.15) is 24.2 Å². The van der Waals surface area contributed by atoms with Crippen LogP contribution in [0.4, 0.5) is 0 Å². The van der Waals surface area contributed by atoms with Gasteiger partial charge in [-0.25, -0.2) is 0 Å². The Kier molecular flexibility index (Phi) is 6.58. The van der Waals surface area contributed by atoms with Crippen molar-refractivity contribution in [1.82, 2.24) is 0 Å². The minimum absolute atomic E-state index is 0.0554. The van der Waals surface area contributed by atoms with E-state index in [0.717, 1.165) is 33.3 Å². The minimum atomic E-state index is 0.0554. The van der Waals surface area contributed by atoms with Crippen molar-refractivity contribution in [1.29, 1.82) is 0 Å². The molecule has 0 aliphatic heterocycles. The van der Waals surface area contributed by atoms with Crippen molar-refractivity contribution >= 4 is 31.9 Å². The van der Waals surface area contributed by atoms with E-state index in [2.05, 4.69) is 38.8 Å². The van der Waals surface area contributed by atoms with Gasteiger partial charge in [0.2, 0.25) is 0 Å². The molecule has 0 aliphatic carbocycles. The van der Waals surface area contributed by atoms with E-state index >= 15 is 0 Å². The maximum atomic E-state index is 6.00. The Bertz CT molecular complexity index is 538. The van der Waals surface area contributed by atoms with Gasteiger partial charge in [-0.2, -0.15) is 0 Å². The fourth-order valence-electron chi connectivity index (χ4n) is 1.92. The first kappa shape index (κ1) is 16.4.